The number of aliphatic hydroxyl groups is 1. The Bertz CT molecular complexity index is 1010. The van der Waals surface area contributed by atoms with Gasteiger partial charge in [-0.2, -0.15) is 0 Å². The average Bonchev–Trinajstić information content (AvgIpc) is 3.16. The van der Waals surface area contributed by atoms with Crippen LogP contribution in [-0.2, 0) is 19.1 Å². The SMILES string of the molecule is CC.CC/C=C\C/C=C\C/C=C\C/C=C\C/C=C\CCCC(=O)NCCSSCCNC(=O)CCNC(=O)[C@H](O)C(C)(C)COC.CCCCCCCC. The molecule has 0 aliphatic heterocycles. The van der Waals surface area contributed by atoms with Crippen molar-refractivity contribution in [2.24, 2.45) is 5.41 Å². The van der Waals surface area contributed by atoms with Gasteiger partial charge in [-0.25, -0.2) is 0 Å². The van der Waals surface area contributed by atoms with Crippen molar-refractivity contribution < 1.29 is 24.2 Å². The lowest BCUT2D eigenvalue weighted by Gasteiger charge is -2.28. The number of allylic oxidation sites excluding steroid dienone is 10. The molecule has 0 bridgehead atoms. The van der Waals surface area contributed by atoms with Gasteiger partial charge in [-0.05, 0) is 44.9 Å². The first-order valence-electron chi connectivity index (χ1n) is 20.6. The van der Waals surface area contributed by atoms with E-state index in [4.69, 9.17) is 4.74 Å². The van der Waals surface area contributed by atoms with Crippen LogP contribution in [0.25, 0.3) is 0 Å². The van der Waals surface area contributed by atoms with Gasteiger partial charge in [0.05, 0.1) is 6.61 Å². The Kier molecular flexibility index (Phi) is 46.8. The number of hydrogen-bond acceptors (Lipinski definition) is 7. The molecule has 0 saturated carbocycles. The lowest BCUT2D eigenvalue weighted by Crippen LogP contribution is -2.46. The zero-order valence-corrected chi connectivity index (χ0v) is 37.2. The van der Waals surface area contributed by atoms with Crippen LogP contribution in [0.2, 0.25) is 0 Å². The van der Waals surface area contributed by atoms with Crippen molar-refractivity contribution in [3.8, 4) is 0 Å². The minimum absolute atomic E-state index is 0.0806. The molecule has 0 unspecified atom stereocenters. The van der Waals surface area contributed by atoms with Crippen LogP contribution < -0.4 is 16.0 Å². The minimum atomic E-state index is -1.21. The lowest BCUT2D eigenvalue weighted by atomic mass is 9.87. The molecule has 10 heteroatoms. The molecule has 0 aliphatic rings. The van der Waals surface area contributed by atoms with Gasteiger partial charge in [0.25, 0.3) is 0 Å². The zero-order chi connectivity index (χ0) is 41.0. The van der Waals surface area contributed by atoms with E-state index < -0.39 is 17.4 Å². The Balaban J connectivity index is -0.00000228. The van der Waals surface area contributed by atoms with Crippen molar-refractivity contribution in [1.82, 2.24) is 16.0 Å². The number of methoxy groups -OCH3 is 1. The smallest absolute Gasteiger partial charge is 0.249 e. The molecule has 0 heterocycles. The van der Waals surface area contributed by atoms with E-state index in [0.29, 0.717) is 19.5 Å². The molecule has 1 atom stereocenters. The van der Waals surface area contributed by atoms with E-state index in [1.165, 1.54) is 45.6 Å². The van der Waals surface area contributed by atoms with E-state index in [9.17, 15) is 19.5 Å². The van der Waals surface area contributed by atoms with Gasteiger partial charge in [0, 0.05) is 56.5 Å². The van der Waals surface area contributed by atoms with Crippen molar-refractivity contribution >= 4 is 39.3 Å². The third-order valence-electron chi connectivity index (χ3n) is 7.64. The molecule has 314 valence electrons. The summed E-state index contributed by atoms with van der Waals surface area (Å²) in [4.78, 5) is 36.0. The van der Waals surface area contributed by atoms with E-state index in [-0.39, 0.29) is 31.4 Å². The van der Waals surface area contributed by atoms with Crippen LogP contribution in [-0.4, -0.2) is 73.8 Å². The fourth-order valence-electron chi connectivity index (χ4n) is 4.56. The first-order chi connectivity index (χ1) is 26.2. The maximum absolute atomic E-state index is 12.1. The number of amides is 3. The summed E-state index contributed by atoms with van der Waals surface area (Å²) in [7, 11) is 4.81. The number of carbonyl (C=O) groups is 3. The lowest BCUT2D eigenvalue weighted by molar-refractivity contribution is -0.137. The van der Waals surface area contributed by atoms with Crippen molar-refractivity contribution in [2.75, 3.05) is 44.9 Å². The van der Waals surface area contributed by atoms with Gasteiger partial charge in [0.2, 0.25) is 17.7 Å². The number of rotatable bonds is 32. The van der Waals surface area contributed by atoms with Crippen molar-refractivity contribution in [3.63, 3.8) is 0 Å². The summed E-state index contributed by atoms with van der Waals surface area (Å²) in [6.07, 6.45) is 36.5. The fourth-order valence-corrected chi connectivity index (χ4v) is 6.38. The second kappa shape index (κ2) is 45.1. The first kappa shape index (κ1) is 56.1. The summed E-state index contributed by atoms with van der Waals surface area (Å²) < 4.78 is 5.03. The van der Waals surface area contributed by atoms with Crippen LogP contribution in [0.4, 0.5) is 0 Å². The van der Waals surface area contributed by atoms with E-state index in [2.05, 4.69) is 97.5 Å². The summed E-state index contributed by atoms with van der Waals surface area (Å²) in [6.45, 7) is 15.7. The van der Waals surface area contributed by atoms with Gasteiger partial charge in [-0.1, -0.05) is 169 Å². The minimum Gasteiger partial charge on any atom is -0.384 e. The van der Waals surface area contributed by atoms with Gasteiger partial charge in [-0.3, -0.25) is 14.4 Å². The molecule has 8 nitrogen and oxygen atoms in total. The molecule has 4 N–H and O–H groups in total. The highest BCUT2D eigenvalue weighted by molar-refractivity contribution is 8.76. The normalized spacial score (nSPS) is 12.2. The summed E-state index contributed by atoms with van der Waals surface area (Å²) in [6, 6.07) is 0. The molecular weight excluding hydrogens is 715 g/mol. The quantitative estimate of drug-likeness (QED) is 0.0304. The topological polar surface area (TPSA) is 117 Å². The van der Waals surface area contributed by atoms with Crippen molar-refractivity contribution in [3.05, 3.63) is 60.8 Å². The van der Waals surface area contributed by atoms with Crippen LogP contribution >= 0.6 is 21.6 Å². The number of hydrogen-bond donors (Lipinski definition) is 4. The molecule has 54 heavy (non-hydrogen) atoms. The standard InChI is InChI=1S/C34H57N3O5S2.C8H18.C2H6/c1-5-6-7-8-9-10-11-12-13-14-15-16-17-18-19-20-21-22-30(38)35-25-27-43-44-28-26-36-31(39)23-24-37-33(41)32(40)34(2,3)29-42-4;1-3-5-7-8-6-4-2;1-2/h6-7,9-10,12-13,15-16,18-19,32,40H,5,8,11,14,17,20-29H2,1-4H3,(H,35,38)(H,36,39)(H,37,41);3-8H2,1-2H3;1-2H3/b7-6-,10-9-,13-12-,16-15-,19-18-;;/t32-;;/m0../s1. The first-order valence-corrected chi connectivity index (χ1v) is 23.1. The van der Waals surface area contributed by atoms with E-state index >= 15 is 0 Å². The van der Waals surface area contributed by atoms with Gasteiger partial charge in [0.15, 0.2) is 0 Å². The third kappa shape index (κ3) is 42.5. The van der Waals surface area contributed by atoms with Crippen LogP contribution in [0.5, 0.6) is 0 Å². The summed E-state index contributed by atoms with van der Waals surface area (Å²) in [5.74, 6) is 0.959. The van der Waals surface area contributed by atoms with Gasteiger partial charge < -0.3 is 25.8 Å². The summed E-state index contributed by atoms with van der Waals surface area (Å²) in [5, 5.41) is 18.5. The number of ether oxygens (including phenoxy) is 1. The maximum atomic E-state index is 12.1. The Morgan fingerprint density at radius 3 is 1.52 bits per heavy atom. The highest BCUT2D eigenvalue weighted by Gasteiger charge is 2.33. The number of nitrogens with one attached hydrogen (secondary N) is 3. The van der Waals surface area contributed by atoms with Gasteiger partial charge >= 0.3 is 0 Å². The number of unbranched alkanes of at least 4 members (excludes halogenated alkanes) is 6. The molecule has 3 amide bonds. The molecule has 0 rings (SSSR count). The highest BCUT2D eigenvalue weighted by atomic mass is 33.1. The zero-order valence-electron chi connectivity index (χ0n) is 35.6. The second-order valence-electron chi connectivity index (χ2n) is 13.2. The third-order valence-corrected chi connectivity index (χ3v) is 10.1. The summed E-state index contributed by atoms with van der Waals surface area (Å²) in [5.41, 5.74) is -0.712. The Morgan fingerprint density at radius 2 is 1.07 bits per heavy atom. The Morgan fingerprint density at radius 1 is 0.630 bits per heavy atom. The molecule has 0 saturated heterocycles. The van der Waals surface area contributed by atoms with Crippen molar-refractivity contribution in [2.45, 2.75) is 151 Å². The predicted octanol–water partition coefficient (Wildman–Crippen LogP) is 10.5. The molecule has 0 radical (unpaired) electrons. The van der Waals surface area contributed by atoms with Crippen molar-refractivity contribution in [1.29, 1.82) is 0 Å². The maximum Gasteiger partial charge on any atom is 0.249 e. The molecule has 0 aromatic carbocycles. The Hall–Kier alpha value is -2.27. The van der Waals surface area contributed by atoms with Crippen LogP contribution in [0.1, 0.15) is 145 Å². The van der Waals surface area contributed by atoms with E-state index in [1.807, 2.05) is 13.8 Å². The summed E-state index contributed by atoms with van der Waals surface area (Å²) >= 11 is 0. The van der Waals surface area contributed by atoms with Gasteiger partial charge in [0.1, 0.15) is 6.10 Å². The Labute approximate surface area is 340 Å². The fraction of sp³-hybridized carbons (Fsp3) is 0.705. The molecule has 0 aliphatic carbocycles. The average molecular weight is 796 g/mol. The van der Waals surface area contributed by atoms with Crippen LogP contribution in [0.3, 0.4) is 0 Å². The molecular formula is C44H81N3O5S2. The second-order valence-corrected chi connectivity index (χ2v) is 15.9. The number of carbonyl (C=O) groups excluding carboxylic acids is 3. The largest absolute Gasteiger partial charge is 0.384 e. The molecule has 0 spiro atoms. The molecule has 0 aromatic rings. The monoisotopic (exact) mass is 796 g/mol. The van der Waals surface area contributed by atoms with Crippen LogP contribution in [0, 0.1) is 5.41 Å². The van der Waals surface area contributed by atoms with E-state index in [0.717, 1.165) is 56.5 Å². The van der Waals surface area contributed by atoms with E-state index in [1.54, 1.807) is 35.4 Å². The van der Waals surface area contributed by atoms with Crippen LogP contribution in [0.15, 0.2) is 60.8 Å². The highest BCUT2D eigenvalue weighted by Crippen LogP contribution is 2.21. The molecule has 0 aromatic heterocycles. The van der Waals surface area contributed by atoms with Gasteiger partial charge in [-0.15, -0.1) is 0 Å². The number of aliphatic hydroxyl groups excluding tert-OH is 1. The predicted molar refractivity (Wildman–Crippen MR) is 239 cm³/mol. The molecule has 0 fully saturated rings.